The Morgan fingerprint density at radius 3 is 1.00 bits per heavy atom. The molecule has 0 heterocycles. The van der Waals surface area contributed by atoms with E-state index in [-0.39, 0.29) is 100 Å². The van der Waals surface area contributed by atoms with Crippen LogP contribution in [0, 0.1) is 40.8 Å². The van der Waals surface area contributed by atoms with Crippen molar-refractivity contribution in [3.8, 4) is 0 Å². The molecule has 4 heteroatoms. The van der Waals surface area contributed by atoms with Crippen LogP contribution in [-0.4, -0.2) is 59.3 Å². The Morgan fingerprint density at radius 2 is 1.00 bits per heavy atom. The summed E-state index contributed by atoms with van der Waals surface area (Å²) in [5.74, 6) is 0. The maximum absolute atomic E-state index is 0. The molecule has 4 heavy (non-hydrogen) atoms. The third kappa shape index (κ3) is 8.98. The fourth-order valence-corrected chi connectivity index (χ4v) is 0. The first-order valence-electron chi connectivity index (χ1n) is 0. The molecule has 0 saturated carbocycles. The average molecular weight is 209 g/mol. The van der Waals surface area contributed by atoms with Gasteiger partial charge in [0.15, 0.2) is 17.4 Å². The third-order valence-electron chi connectivity index (χ3n) is 0. The topological polar surface area (TPSA) is 0 Å². The number of hydrogen-bond donors (Lipinski definition) is 0. The Kier molecular flexibility index (Phi) is 109. The molecule has 0 bridgehead atoms. The van der Waals surface area contributed by atoms with Gasteiger partial charge in [-0.15, -0.1) is 0 Å². The molecule has 0 aliphatic heterocycles. The summed E-state index contributed by atoms with van der Waals surface area (Å²) in [4.78, 5) is 0. The van der Waals surface area contributed by atoms with E-state index in [0.29, 0.717) is 0 Å². The first-order chi connectivity index (χ1) is 0. The second-order valence-corrected chi connectivity index (χ2v) is 0. The molecule has 0 aliphatic carbocycles. The van der Waals surface area contributed by atoms with Crippen LogP contribution >= 0.6 is 0 Å². The minimum Gasteiger partial charge on any atom is 0 e. The SMILES string of the molecule is [AlH3].[LiH].[MgH2].[Nd]. The third-order valence-corrected chi connectivity index (χ3v) is 0. The van der Waals surface area contributed by atoms with Crippen molar-refractivity contribution in [2.24, 2.45) is 0 Å². The van der Waals surface area contributed by atoms with Gasteiger partial charge in [-0.25, -0.2) is 0 Å². The molecule has 0 aromatic heterocycles. The molecule has 0 aromatic rings. The van der Waals surface area contributed by atoms with Crippen LogP contribution in [0.3, 0.4) is 0 Å². The van der Waals surface area contributed by atoms with Crippen LogP contribution in [0.25, 0.3) is 0 Å². The van der Waals surface area contributed by atoms with E-state index in [9.17, 15) is 0 Å². The van der Waals surface area contributed by atoms with Gasteiger partial charge in [0.05, 0.1) is 0 Å². The molecule has 0 fully saturated rings. The molecule has 0 aliphatic rings. The van der Waals surface area contributed by atoms with Gasteiger partial charge in [0.1, 0.15) is 0 Å². The van der Waals surface area contributed by atoms with Crippen LogP contribution < -0.4 is 0 Å². The van der Waals surface area contributed by atoms with Crippen LogP contribution in [0.15, 0.2) is 0 Å². The maximum Gasteiger partial charge on any atom is 0.316 e. The van der Waals surface area contributed by atoms with Crippen molar-refractivity contribution in [3.63, 3.8) is 0 Å². The standard InChI is InChI=1S/Al.Li.Mg.Nd.6H. The Morgan fingerprint density at radius 1 is 1.00 bits per heavy atom. The summed E-state index contributed by atoms with van der Waals surface area (Å²) in [5.41, 5.74) is 0. The van der Waals surface area contributed by atoms with Crippen molar-refractivity contribution in [2.75, 3.05) is 0 Å². The minimum absolute atomic E-state index is 0. The zero-order valence-corrected chi connectivity index (χ0v) is 3.71. The number of hydrogen-bond acceptors (Lipinski definition) is 0. The zero-order valence-electron chi connectivity index (χ0n) is 0.500. The van der Waals surface area contributed by atoms with Gasteiger partial charge in [-0.2, -0.15) is 0 Å². The second-order valence-electron chi connectivity index (χ2n) is 0. The van der Waals surface area contributed by atoms with E-state index in [0.717, 1.165) is 0 Å². The summed E-state index contributed by atoms with van der Waals surface area (Å²) in [6.07, 6.45) is 0. The van der Waals surface area contributed by atoms with Gasteiger partial charge in [-0.3, -0.25) is 0 Å². The monoisotopic (exact) mass is 206 g/mol. The molecule has 0 rings (SSSR count). The zero-order chi connectivity index (χ0) is 0. The summed E-state index contributed by atoms with van der Waals surface area (Å²) in [6.45, 7) is 0. The van der Waals surface area contributed by atoms with E-state index < -0.39 is 0 Å². The molecule has 16 valence electrons. The number of rotatable bonds is 0. The fourth-order valence-electron chi connectivity index (χ4n) is 0. The quantitative estimate of drug-likeness (QED) is 0.379. The molecule has 0 aromatic carbocycles. The first-order valence-corrected chi connectivity index (χ1v) is 0. The predicted molar refractivity (Wildman–Crippen MR) is 25.6 cm³/mol. The van der Waals surface area contributed by atoms with Crippen LogP contribution in [-0.2, 0) is 0 Å². The molecule has 0 amide bonds. The van der Waals surface area contributed by atoms with Gasteiger partial charge in [-0.1, -0.05) is 0 Å². The normalized spacial score (nSPS) is 0. The Bertz CT molecular complexity index is 8.00. The Hall–Kier alpha value is 3.25. The molecule has 0 radical (unpaired) electrons. The van der Waals surface area contributed by atoms with Crippen molar-refractivity contribution in [1.82, 2.24) is 0 Å². The summed E-state index contributed by atoms with van der Waals surface area (Å²) >= 11 is 0. The van der Waals surface area contributed by atoms with Gasteiger partial charge in [0.2, 0.25) is 0 Å². The van der Waals surface area contributed by atoms with Crippen LogP contribution in [0.4, 0.5) is 0 Å². The molecule has 0 saturated heterocycles. The molecule has 0 nitrogen and oxygen atoms in total. The molecule has 0 atom stereocenters. The molecular formula is H6AlLiMgNd. The van der Waals surface area contributed by atoms with Crippen molar-refractivity contribution in [3.05, 3.63) is 0 Å². The minimum atomic E-state index is 0. The predicted octanol–water partition coefficient (Wildman–Crippen LogP) is -2.75. The molecule has 0 unspecified atom stereocenters. The van der Waals surface area contributed by atoms with E-state index in [2.05, 4.69) is 0 Å². The molecule has 0 N–H and O–H groups in total. The van der Waals surface area contributed by atoms with Crippen molar-refractivity contribution >= 4 is 59.3 Å². The van der Waals surface area contributed by atoms with E-state index in [1.165, 1.54) is 0 Å². The maximum atomic E-state index is 0. The summed E-state index contributed by atoms with van der Waals surface area (Å²) in [6, 6.07) is 0. The van der Waals surface area contributed by atoms with Gasteiger partial charge in [-0.05, 0) is 0 Å². The van der Waals surface area contributed by atoms with E-state index in [4.69, 9.17) is 0 Å². The summed E-state index contributed by atoms with van der Waals surface area (Å²) in [5, 5.41) is 0. The smallest absolute Gasteiger partial charge is 0 e. The largest absolute Gasteiger partial charge is 0.316 e. The summed E-state index contributed by atoms with van der Waals surface area (Å²) in [7, 11) is 0. The Balaban J connectivity index is 0. The second kappa shape index (κ2) is 16.3. The van der Waals surface area contributed by atoms with E-state index >= 15 is 0 Å². The van der Waals surface area contributed by atoms with E-state index in [1.807, 2.05) is 0 Å². The van der Waals surface area contributed by atoms with Crippen LogP contribution in [0.2, 0.25) is 0 Å². The van der Waals surface area contributed by atoms with Gasteiger partial charge in [0, 0.05) is 40.8 Å². The first kappa shape index (κ1) is 26.8. The van der Waals surface area contributed by atoms with Crippen LogP contribution in [0.1, 0.15) is 0 Å². The summed E-state index contributed by atoms with van der Waals surface area (Å²) < 4.78 is 0. The van der Waals surface area contributed by atoms with Crippen molar-refractivity contribution < 1.29 is 40.8 Å². The molecular weight excluding hydrogens is 202 g/mol. The fraction of sp³-hybridized carbons (Fsp3) is 0. The van der Waals surface area contributed by atoms with Gasteiger partial charge < -0.3 is 0 Å². The van der Waals surface area contributed by atoms with Gasteiger partial charge in [0.25, 0.3) is 0 Å². The van der Waals surface area contributed by atoms with E-state index in [1.54, 1.807) is 0 Å². The van der Waals surface area contributed by atoms with Crippen molar-refractivity contribution in [1.29, 1.82) is 0 Å². The average Bonchev–Trinajstić information content (AvgIpc) is 0. The molecule has 0 spiro atoms. The Labute approximate surface area is 97.8 Å². The van der Waals surface area contributed by atoms with Gasteiger partial charge >= 0.3 is 41.9 Å². The van der Waals surface area contributed by atoms with Crippen molar-refractivity contribution in [2.45, 2.75) is 0 Å². The van der Waals surface area contributed by atoms with Crippen LogP contribution in [0.5, 0.6) is 0 Å².